The van der Waals surface area contributed by atoms with Crippen LogP contribution in [0.2, 0.25) is 0 Å². The minimum atomic E-state index is -4.41. The molecule has 2 N–H and O–H groups in total. The van der Waals surface area contributed by atoms with Gasteiger partial charge in [-0.2, -0.15) is 13.2 Å². The minimum Gasteiger partial charge on any atom is -0.352 e. The molecule has 3 aromatic rings. The number of fused-ring (bicyclic) bond motifs is 1. The molecular formula is C20H18F3N5O. The Morgan fingerprint density at radius 1 is 1.17 bits per heavy atom. The molecule has 150 valence electrons. The van der Waals surface area contributed by atoms with Gasteiger partial charge in [0.25, 0.3) is 0 Å². The molecule has 0 saturated carbocycles. The predicted octanol–water partition coefficient (Wildman–Crippen LogP) is 3.97. The van der Waals surface area contributed by atoms with Gasteiger partial charge < -0.3 is 15.5 Å². The highest BCUT2D eigenvalue weighted by Gasteiger charge is 2.33. The zero-order chi connectivity index (χ0) is 20.6. The molecule has 2 aromatic heterocycles. The number of amides is 2. The van der Waals surface area contributed by atoms with Crippen LogP contribution in [-0.2, 0) is 6.18 Å². The van der Waals surface area contributed by atoms with Gasteiger partial charge >= 0.3 is 12.2 Å². The molecule has 4 rings (SSSR count). The Bertz CT molecular complexity index is 1060. The van der Waals surface area contributed by atoms with Gasteiger partial charge in [-0.25, -0.2) is 9.78 Å². The fraction of sp³-hybridized carbons (Fsp3) is 0.250. The molecule has 1 aromatic carbocycles. The maximum absolute atomic E-state index is 12.8. The summed E-state index contributed by atoms with van der Waals surface area (Å²) < 4.78 is 38.5. The molecule has 0 radical (unpaired) electrons. The molecule has 29 heavy (non-hydrogen) atoms. The van der Waals surface area contributed by atoms with Crippen LogP contribution in [-0.4, -0.2) is 35.1 Å². The first-order valence-corrected chi connectivity index (χ1v) is 9.01. The Kier molecular flexibility index (Phi) is 4.73. The van der Waals surface area contributed by atoms with E-state index < -0.39 is 11.7 Å². The Morgan fingerprint density at radius 2 is 1.97 bits per heavy atom. The highest BCUT2D eigenvalue weighted by Crippen LogP contribution is 2.31. The summed E-state index contributed by atoms with van der Waals surface area (Å²) in [7, 11) is 0. The highest BCUT2D eigenvalue weighted by atomic mass is 19.4. The lowest BCUT2D eigenvalue weighted by molar-refractivity contribution is -0.137. The van der Waals surface area contributed by atoms with Gasteiger partial charge in [0.15, 0.2) is 0 Å². The highest BCUT2D eigenvalue weighted by molar-refractivity contribution is 6.01. The SMILES string of the molecule is Cc1cc2c(NC(=O)NC3CN(c4cc(C(F)(F)F)ccn4)C3)cccc2cn1. The average Bonchev–Trinajstić information content (AvgIpc) is 2.64. The molecule has 9 heteroatoms. The number of benzene rings is 1. The van der Waals surface area contributed by atoms with Gasteiger partial charge in [0, 0.05) is 41.9 Å². The first kappa shape index (κ1) is 19.0. The van der Waals surface area contributed by atoms with Gasteiger partial charge in [-0.15, -0.1) is 0 Å². The summed E-state index contributed by atoms with van der Waals surface area (Å²) in [6.07, 6.45) is -1.52. The van der Waals surface area contributed by atoms with Crippen LogP contribution in [0, 0.1) is 6.92 Å². The summed E-state index contributed by atoms with van der Waals surface area (Å²) in [5.74, 6) is 0.246. The fourth-order valence-electron chi connectivity index (χ4n) is 3.25. The summed E-state index contributed by atoms with van der Waals surface area (Å²) >= 11 is 0. The van der Waals surface area contributed by atoms with Gasteiger partial charge in [0.1, 0.15) is 5.82 Å². The fourth-order valence-corrected chi connectivity index (χ4v) is 3.25. The third-order valence-electron chi connectivity index (χ3n) is 4.76. The zero-order valence-electron chi connectivity index (χ0n) is 15.5. The number of rotatable bonds is 3. The van der Waals surface area contributed by atoms with Crippen LogP contribution in [0.15, 0.2) is 48.8 Å². The van der Waals surface area contributed by atoms with Crippen molar-refractivity contribution in [3.63, 3.8) is 0 Å². The van der Waals surface area contributed by atoms with Gasteiger partial charge in [-0.3, -0.25) is 4.98 Å². The molecule has 1 aliphatic rings. The molecule has 1 fully saturated rings. The van der Waals surface area contributed by atoms with Crippen molar-refractivity contribution in [1.29, 1.82) is 0 Å². The van der Waals surface area contributed by atoms with E-state index in [1.54, 1.807) is 17.2 Å². The van der Waals surface area contributed by atoms with Crippen LogP contribution < -0.4 is 15.5 Å². The molecule has 0 bridgehead atoms. The molecule has 0 aliphatic carbocycles. The molecule has 1 saturated heterocycles. The van der Waals surface area contributed by atoms with Crippen molar-refractivity contribution >= 4 is 28.3 Å². The Hall–Kier alpha value is -3.36. The van der Waals surface area contributed by atoms with E-state index >= 15 is 0 Å². The summed E-state index contributed by atoms with van der Waals surface area (Å²) in [5, 5.41) is 7.47. The first-order valence-electron chi connectivity index (χ1n) is 9.01. The topological polar surface area (TPSA) is 70.2 Å². The van der Waals surface area contributed by atoms with E-state index in [0.717, 1.165) is 34.8 Å². The minimum absolute atomic E-state index is 0.176. The summed E-state index contributed by atoms with van der Waals surface area (Å²) in [4.78, 5) is 22.3. The second kappa shape index (κ2) is 7.23. The molecule has 1 aliphatic heterocycles. The van der Waals surface area contributed by atoms with Gasteiger partial charge in [0.2, 0.25) is 0 Å². The van der Waals surface area contributed by atoms with Crippen molar-refractivity contribution in [2.45, 2.75) is 19.1 Å². The lowest BCUT2D eigenvalue weighted by Gasteiger charge is -2.40. The molecular weight excluding hydrogens is 383 g/mol. The van der Waals surface area contributed by atoms with Crippen molar-refractivity contribution in [2.75, 3.05) is 23.3 Å². The van der Waals surface area contributed by atoms with E-state index in [2.05, 4.69) is 20.6 Å². The Labute approximate surface area is 164 Å². The largest absolute Gasteiger partial charge is 0.416 e. The number of halogens is 3. The zero-order valence-corrected chi connectivity index (χ0v) is 15.5. The number of aryl methyl sites for hydroxylation is 1. The summed E-state index contributed by atoms with van der Waals surface area (Å²) in [6, 6.07) is 8.86. The van der Waals surface area contributed by atoms with Crippen molar-refractivity contribution in [2.24, 2.45) is 0 Å². The average molecular weight is 401 g/mol. The van der Waals surface area contributed by atoms with E-state index in [1.807, 2.05) is 25.1 Å². The molecule has 2 amide bonds. The normalized spacial score (nSPS) is 14.6. The van der Waals surface area contributed by atoms with Gasteiger partial charge in [0.05, 0.1) is 17.3 Å². The van der Waals surface area contributed by atoms with Crippen LogP contribution in [0.25, 0.3) is 10.8 Å². The smallest absolute Gasteiger partial charge is 0.352 e. The maximum Gasteiger partial charge on any atom is 0.416 e. The van der Waals surface area contributed by atoms with E-state index in [9.17, 15) is 18.0 Å². The van der Waals surface area contributed by atoms with Gasteiger partial charge in [-0.1, -0.05) is 12.1 Å². The lowest BCUT2D eigenvalue weighted by Crippen LogP contribution is -2.60. The number of carbonyl (C=O) groups is 1. The number of pyridine rings is 2. The standard InChI is InChI=1S/C20H18F3N5O/c1-12-7-16-13(9-25-12)3-2-4-17(16)27-19(29)26-15-10-28(11-15)18-8-14(5-6-24-18)20(21,22)23/h2-9,15H,10-11H2,1H3,(H2,26,27,29). The number of urea groups is 1. The van der Waals surface area contributed by atoms with Crippen molar-refractivity contribution in [3.05, 3.63) is 60.0 Å². The van der Waals surface area contributed by atoms with Crippen LogP contribution in [0.4, 0.5) is 29.5 Å². The summed E-state index contributed by atoms with van der Waals surface area (Å²) in [5.41, 5.74) is 0.772. The monoisotopic (exact) mass is 401 g/mol. The van der Waals surface area contributed by atoms with Crippen LogP contribution in [0.5, 0.6) is 0 Å². The van der Waals surface area contributed by atoms with Crippen molar-refractivity contribution in [1.82, 2.24) is 15.3 Å². The first-order chi connectivity index (χ1) is 13.8. The van der Waals surface area contributed by atoms with E-state index in [0.29, 0.717) is 18.8 Å². The lowest BCUT2D eigenvalue weighted by atomic mass is 10.1. The molecule has 6 nitrogen and oxygen atoms in total. The number of nitrogens with one attached hydrogen (secondary N) is 2. The van der Waals surface area contributed by atoms with E-state index in [-0.39, 0.29) is 17.9 Å². The second-order valence-corrected chi connectivity index (χ2v) is 6.95. The van der Waals surface area contributed by atoms with E-state index in [1.165, 1.54) is 0 Å². The Morgan fingerprint density at radius 3 is 2.72 bits per heavy atom. The number of hydrogen-bond donors (Lipinski definition) is 2. The van der Waals surface area contributed by atoms with Crippen LogP contribution in [0.1, 0.15) is 11.3 Å². The number of aromatic nitrogens is 2. The second-order valence-electron chi connectivity index (χ2n) is 6.95. The molecule has 3 heterocycles. The number of alkyl halides is 3. The van der Waals surface area contributed by atoms with Crippen molar-refractivity contribution < 1.29 is 18.0 Å². The van der Waals surface area contributed by atoms with Crippen LogP contribution >= 0.6 is 0 Å². The van der Waals surface area contributed by atoms with E-state index in [4.69, 9.17) is 0 Å². The number of nitrogens with zero attached hydrogens (tertiary/aromatic N) is 3. The van der Waals surface area contributed by atoms with Gasteiger partial charge in [-0.05, 0) is 31.2 Å². The number of carbonyl (C=O) groups excluding carboxylic acids is 1. The molecule has 0 unspecified atom stereocenters. The molecule has 0 spiro atoms. The number of anilines is 2. The van der Waals surface area contributed by atoms with Crippen LogP contribution in [0.3, 0.4) is 0 Å². The predicted molar refractivity (Wildman–Crippen MR) is 104 cm³/mol. The third kappa shape index (κ3) is 4.08. The summed E-state index contributed by atoms with van der Waals surface area (Å²) in [6.45, 7) is 2.65. The quantitative estimate of drug-likeness (QED) is 0.697. The maximum atomic E-state index is 12.8. The Balaban J connectivity index is 1.37. The number of hydrogen-bond acceptors (Lipinski definition) is 4. The van der Waals surface area contributed by atoms with Crippen molar-refractivity contribution in [3.8, 4) is 0 Å². The third-order valence-corrected chi connectivity index (χ3v) is 4.76. The molecule has 0 atom stereocenters.